The van der Waals surface area contributed by atoms with E-state index in [2.05, 4.69) is 5.32 Å². The SMILES string of the molecule is C[C@H](NC(=O)c1ccc(S(C)(=O)=O)cc1)c1cc2ccccc2o1. The van der Waals surface area contributed by atoms with E-state index in [1.807, 2.05) is 37.3 Å². The molecule has 2 aromatic carbocycles. The van der Waals surface area contributed by atoms with E-state index in [1.54, 1.807) is 0 Å². The molecule has 1 aromatic heterocycles. The van der Waals surface area contributed by atoms with Gasteiger partial charge in [-0.15, -0.1) is 0 Å². The molecule has 0 spiro atoms. The van der Waals surface area contributed by atoms with Gasteiger partial charge in [0.1, 0.15) is 11.3 Å². The standard InChI is InChI=1S/C18H17NO4S/c1-12(17-11-14-5-3-4-6-16(14)23-17)19-18(20)13-7-9-15(10-8-13)24(2,21)22/h3-12H,1-2H3,(H,19,20)/t12-/m0/s1. The molecular formula is C18H17NO4S. The first-order valence-corrected chi connectivity index (χ1v) is 9.33. The minimum Gasteiger partial charge on any atom is -0.459 e. The average molecular weight is 343 g/mol. The number of carbonyl (C=O) groups is 1. The summed E-state index contributed by atoms with van der Waals surface area (Å²) in [5, 5.41) is 3.83. The molecule has 5 nitrogen and oxygen atoms in total. The number of hydrogen-bond donors (Lipinski definition) is 1. The number of fused-ring (bicyclic) bond motifs is 1. The van der Waals surface area contributed by atoms with E-state index >= 15 is 0 Å². The maximum absolute atomic E-state index is 12.3. The summed E-state index contributed by atoms with van der Waals surface area (Å²) in [6.45, 7) is 1.83. The van der Waals surface area contributed by atoms with Gasteiger partial charge in [0, 0.05) is 17.2 Å². The Morgan fingerprint density at radius 1 is 1.08 bits per heavy atom. The van der Waals surface area contributed by atoms with Gasteiger partial charge in [-0.3, -0.25) is 4.79 Å². The molecule has 24 heavy (non-hydrogen) atoms. The lowest BCUT2D eigenvalue weighted by Gasteiger charge is -2.11. The highest BCUT2D eigenvalue weighted by Gasteiger charge is 2.16. The molecule has 1 amide bonds. The predicted octanol–water partition coefficient (Wildman–Crippen LogP) is 3.33. The number of amides is 1. The van der Waals surface area contributed by atoms with Gasteiger partial charge in [-0.1, -0.05) is 18.2 Å². The second-order valence-electron chi connectivity index (χ2n) is 5.68. The largest absolute Gasteiger partial charge is 0.459 e. The Morgan fingerprint density at radius 2 is 1.75 bits per heavy atom. The number of sulfone groups is 1. The van der Waals surface area contributed by atoms with E-state index < -0.39 is 9.84 Å². The van der Waals surface area contributed by atoms with Gasteiger partial charge >= 0.3 is 0 Å². The van der Waals surface area contributed by atoms with Gasteiger partial charge in [-0.25, -0.2) is 8.42 Å². The Hall–Kier alpha value is -2.60. The van der Waals surface area contributed by atoms with Crippen LogP contribution in [0.1, 0.15) is 29.1 Å². The van der Waals surface area contributed by atoms with Crippen molar-refractivity contribution in [3.05, 3.63) is 65.9 Å². The van der Waals surface area contributed by atoms with Gasteiger partial charge in [-0.2, -0.15) is 0 Å². The van der Waals surface area contributed by atoms with E-state index in [1.165, 1.54) is 24.3 Å². The molecule has 0 bridgehead atoms. The van der Waals surface area contributed by atoms with Crippen LogP contribution in [-0.4, -0.2) is 20.6 Å². The molecule has 0 unspecified atom stereocenters. The van der Waals surface area contributed by atoms with Crippen molar-refractivity contribution in [2.75, 3.05) is 6.26 Å². The number of benzene rings is 2. The minimum absolute atomic E-state index is 0.185. The number of furan rings is 1. The smallest absolute Gasteiger partial charge is 0.251 e. The molecule has 0 saturated carbocycles. The zero-order valence-electron chi connectivity index (χ0n) is 13.3. The predicted molar refractivity (Wildman–Crippen MR) is 91.6 cm³/mol. The highest BCUT2D eigenvalue weighted by Crippen LogP contribution is 2.23. The van der Waals surface area contributed by atoms with Crippen LogP contribution in [0, 0.1) is 0 Å². The molecule has 3 aromatic rings. The van der Waals surface area contributed by atoms with E-state index in [4.69, 9.17) is 4.42 Å². The number of carbonyl (C=O) groups excluding carboxylic acids is 1. The highest BCUT2D eigenvalue weighted by molar-refractivity contribution is 7.90. The molecule has 0 radical (unpaired) electrons. The highest BCUT2D eigenvalue weighted by atomic mass is 32.2. The lowest BCUT2D eigenvalue weighted by Crippen LogP contribution is -2.26. The summed E-state index contributed by atoms with van der Waals surface area (Å²) >= 11 is 0. The summed E-state index contributed by atoms with van der Waals surface area (Å²) < 4.78 is 28.6. The fourth-order valence-corrected chi connectivity index (χ4v) is 3.05. The van der Waals surface area contributed by atoms with Crippen LogP contribution >= 0.6 is 0 Å². The summed E-state index contributed by atoms with van der Waals surface area (Å²) in [5.74, 6) is 0.375. The number of hydrogen-bond acceptors (Lipinski definition) is 4. The third-order valence-electron chi connectivity index (χ3n) is 3.76. The summed E-state index contributed by atoms with van der Waals surface area (Å²) in [4.78, 5) is 12.5. The first-order chi connectivity index (χ1) is 11.3. The van der Waals surface area contributed by atoms with Crippen LogP contribution in [-0.2, 0) is 9.84 Å². The second-order valence-corrected chi connectivity index (χ2v) is 7.69. The molecule has 0 fully saturated rings. The lowest BCUT2D eigenvalue weighted by atomic mass is 10.1. The maximum Gasteiger partial charge on any atom is 0.251 e. The first-order valence-electron chi connectivity index (χ1n) is 7.44. The van der Waals surface area contributed by atoms with Gasteiger partial charge in [0.05, 0.1) is 10.9 Å². The number of para-hydroxylation sites is 1. The van der Waals surface area contributed by atoms with Crippen LogP contribution in [0.2, 0.25) is 0 Å². The molecule has 3 rings (SSSR count). The monoisotopic (exact) mass is 343 g/mol. The van der Waals surface area contributed by atoms with E-state index in [-0.39, 0.29) is 16.8 Å². The van der Waals surface area contributed by atoms with Crippen LogP contribution in [0.4, 0.5) is 0 Å². The van der Waals surface area contributed by atoms with E-state index in [0.29, 0.717) is 11.3 Å². The molecule has 1 heterocycles. The zero-order chi connectivity index (χ0) is 17.3. The third-order valence-corrected chi connectivity index (χ3v) is 4.89. The van der Waals surface area contributed by atoms with Crippen molar-refractivity contribution < 1.29 is 17.6 Å². The molecule has 6 heteroatoms. The Balaban J connectivity index is 1.76. The third kappa shape index (κ3) is 3.33. The normalized spacial score (nSPS) is 12.9. The first kappa shape index (κ1) is 16.3. The van der Waals surface area contributed by atoms with Gasteiger partial charge in [0.25, 0.3) is 5.91 Å². The molecule has 0 aliphatic heterocycles. The van der Waals surface area contributed by atoms with Crippen LogP contribution < -0.4 is 5.32 Å². The minimum atomic E-state index is -3.27. The summed E-state index contributed by atoms with van der Waals surface area (Å²) in [6.07, 6.45) is 1.13. The number of nitrogens with one attached hydrogen (secondary N) is 1. The van der Waals surface area contributed by atoms with E-state index in [0.717, 1.165) is 17.2 Å². The molecule has 0 aliphatic carbocycles. The summed E-state index contributed by atoms with van der Waals surface area (Å²) in [7, 11) is -3.27. The van der Waals surface area contributed by atoms with Gasteiger partial charge < -0.3 is 9.73 Å². The van der Waals surface area contributed by atoms with Crippen molar-refractivity contribution in [2.24, 2.45) is 0 Å². The van der Waals surface area contributed by atoms with Crippen molar-refractivity contribution >= 4 is 26.7 Å². The van der Waals surface area contributed by atoms with Crippen LogP contribution in [0.25, 0.3) is 11.0 Å². The van der Waals surface area contributed by atoms with E-state index in [9.17, 15) is 13.2 Å². The fraction of sp³-hybridized carbons (Fsp3) is 0.167. The van der Waals surface area contributed by atoms with Crippen molar-refractivity contribution in [1.29, 1.82) is 0 Å². The molecule has 124 valence electrons. The van der Waals surface area contributed by atoms with Crippen molar-refractivity contribution in [1.82, 2.24) is 5.32 Å². The summed E-state index contributed by atoms with van der Waals surface area (Å²) in [5.41, 5.74) is 1.16. The van der Waals surface area contributed by atoms with Crippen LogP contribution in [0.3, 0.4) is 0 Å². The Labute approximate surface area is 140 Å². The van der Waals surface area contributed by atoms with Gasteiger partial charge in [-0.05, 0) is 43.3 Å². The molecule has 0 aliphatic rings. The molecule has 1 atom stereocenters. The Morgan fingerprint density at radius 3 is 2.38 bits per heavy atom. The van der Waals surface area contributed by atoms with Crippen molar-refractivity contribution in [3.8, 4) is 0 Å². The van der Waals surface area contributed by atoms with Crippen molar-refractivity contribution in [2.45, 2.75) is 17.9 Å². The van der Waals surface area contributed by atoms with Crippen LogP contribution in [0.15, 0.2) is 63.9 Å². The zero-order valence-corrected chi connectivity index (χ0v) is 14.1. The Bertz CT molecular complexity index is 954. The van der Waals surface area contributed by atoms with Crippen LogP contribution in [0.5, 0.6) is 0 Å². The molecule has 0 saturated heterocycles. The van der Waals surface area contributed by atoms with Gasteiger partial charge in [0.2, 0.25) is 0 Å². The topological polar surface area (TPSA) is 76.4 Å². The number of rotatable bonds is 4. The molecular weight excluding hydrogens is 326 g/mol. The van der Waals surface area contributed by atoms with Gasteiger partial charge in [0.15, 0.2) is 9.84 Å². The summed E-state index contributed by atoms with van der Waals surface area (Å²) in [6, 6.07) is 15.1. The quantitative estimate of drug-likeness (QED) is 0.788. The fourth-order valence-electron chi connectivity index (χ4n) is 2.42. The van der Waals surface area contributed by atoms with Crippen molar-refractivity contribution in [3.63, 3.8) is 0 Å². The lowest BCUT2D eigenvalue weighted by molar-refractivity contribution is 0.0935. The maximum atomic E-state index is 12.3. The average Bonchev–Trinajstić information content (AvgIpc) is 2.98. The molecule has 1 N–H and O–H groups in total. The Kier molecular flexibility index (Phi) is 4.15. The second kappa shape index (κ2) is 6.13.